The predicted molar refractivity (Wildman–Crippen MR) is 63.0 cm³/mol. The number of aliphatic hydroxyl groups excluding tert-OH is 1. The average molecular weight is 296 g/mol. The molecule has 0 spiro atoms. The molecule has 1 unspecified atom stereocenters. The Bertz CT molecular complexity index is 532. The van der Waals surface area contributed by atoms with E-state index in [2.05, 4.69) is 4.18 Å². The fourth-order valence-electron chi connectivity index (χ4n) is 1.03. The highest BCUT2D eigenvalue weighted by atomic mass is 35.5. The van der Waals surface area contributed by atoms with E-state index in [9.17, 15) is 18.5 Å². The molecule has 0 amide bonds. The van der Waals surface area contributed by atoms with Gasteiger partial charge in [0.05, 0.1) is 23.5 Å². The second-order valence-corrected chi connectivity index (χ2v) is 5.23. The summed E-state index contributed by atoms with van der Waals surface area (Å²) in [5.41, 5.74) is -0.363. The van der Waals surface area contributed by atoms with Gasteiger partial charge < -0.3 is 5.11 Å². The van der Waals surface area contributed by atoms with Crippen molar-refractivity contribution < 1.29 is 22.6 Å². The summed E-state index contributed by atoms with van der Waals surface area (Å²) in [7, 11) is -4.14. The first-order valence-corrected chi connectivity index (χ1v) is 6.69. The SMILES string of the molecule is O=[N+]([O-])c1cccc(S(=O)(=O)OCC(O)CCl)c1. The van der Waals surface area contributed by atoms with Crippen molar-refractivity contribution in [2.24, 2.45) is 0 Å². The predicted octanol–water partition coefficient (Wildman–Crippen LogP) is 0.900. The molecule has 1 atom stereocenters. The van der Waals surface area contributed by atoms with Crippen LogP contribution in [0, 0.1) is 10.1 Å². The van der Waals surface area contributed by atoms with E-state index in [1.165, 1.54) is 6.07 Å². The molecule has 0 bridgehead atoms. The number of halogens is 1. The van der Waals surface area contributed by atoms with Gasteiger partial charge in [-0.15, -0.1) is 11.6 Å². The summed E-state index contributed by atoms with van der Waals surface area (Å²) < 4.78 is 27.8. The highest BCUT2D eigenvalue weighted by Crippen LogP contribution is 2.19. The lowest BCUT2D eigenvalue weighted by atomic mass is 10.3. The maximum atomic E-state index is 11.6. The Morgan fingerprint density at radius 2 is 2.17 bits per heavy atom. The van der Waals surface area contributed by atoms with Crippen LogP contribution in [0.3, 0.4) is 0 Å². The van der Waals surface area contributed by atoms with Crippen LogP contribution in [-0.4, -0.2) is 37.0 Å². The molecular weight excluding hydrogens is 286 g/mol. The van der Waals surface area contributed by atoms with Crippen molar-refractivity contribution in [1.82, 2.24) is 0 Å². The van der Waals surface area contributed by atoms with E-state index in [1.807, 2.05) is 0 Å². The van der Waals surface area contributed by atoms with Crippen LogP contribution in [-0.2, 0) is 14.3 Å². The smallest absolute Gasteiger partial charge is 0.297 e. The lowest BCUT2D eigenvalue weighted by Crippen LogP contribution is -2.20. The van der Waals surface area contributed by atoms with Gasteiger partial charge in [-0.3, -0.25) is 14.3 Å². The van der Waals surface area contributed by atoms with Crippen molar-refractivity contribution in [2.45, 2.75) is 11.0 Å². The standard InChI is InChI=1S/C9H10ClNO6S/c10-5-8(12)6-17-18(15,16)9-3-1-2-7(4-9)11(13)14/h1-4,8,12H,5-6H2. The van der Waals surface area contributed by atoms with Crippen molar-refractivity contribution in [1.29, 1.82) is 0 Å². The third-order valence-electron chi connectivity index (χ3n) is 1.91. The van der Waals surface area contributed by atoms with Gasteiger partial charge in [-0.05, 0) is 6.07 Å². The minimum Gasteiger partial charge on any atom is -0.389 e. The first-order chi connectivity index (χ1) is 8.36. The molecule has 0 aliphatic carbocycles. The van der Waals surface area contributed by atoms with Gasteiger partial charge in [0.2, 0.25) is 0 Å². The zero-order chi connectivity index (χ0) is 13.8. The second-order valence-electron chi connectivity index (χ2n) is 3.30. The molecule has 7 nitrogen and oxygen atoms in total. The van der Waals surface area contributed by atoms with Crippen molar-refractivity contribution >= 4 is 27.4 Å². The molecule has 0 radical (unpaired) electrons. The Balaban J connectivity index is 2.91. The van der Waals surface area contributed by atoms with E-state index in [0.717, 1.165) is 18.2 Å². The molecule has 0 fully saturated rings. The van der Waals surface area contributed by atoms with Gasteiger partial charge in [0, 0.05) is 12.1 Å². The number of nitro benzene ring substituents is 1. The molecule has 0 saturated heterocycles. The number of hydrogen-bond donors (Lipinski definition) is 1. The molecule has 18 heavy (non-hydrogen) atoms. The lowest BCUT2D eigenvalue weighted by Gasteiger charge is -2.08. The summed E-state index contributed by atoms with van der Waals surface area (Å²) in [6, 6.07) is 4.43. The fourth-order valence-corrected chi connectivity index (χ4v) is 2.11. The summed E-state index contributed by atoms with van der Waals surface area (Å²) in [6.07, 6.45) is -1.12. The monoisotopic (exact) mass is 295 g/mol. The van der Waals surface area contributed by atoms with Gasteiger partial charge in [0.1, 0.15) is 4.90 Å². The summed E-state index contributed by atoms with van der Waals surface area (Å²) in [6.45, 7) is -0.505. The Morgan fingerprint density at radius 1 is 1.50 bits per heavy atom. The molecular formula is C9H10ClNO6S. The molecule has 0 aliphatic rings. The van der Waals surface area contributed by atoms with Crippen LogP contribution in [0.1, 0.15) is 0 Å². The maximum Gasteiger partial charge on any atom is 0.297 e. The van der Waals surface area contributed by atoms with Crippen LogP contribution in [0.25, 0.3) is 0 Å². The number of nitro groups is 1. The van der Waals surface area contributed by atoms with E-state index in [4.69, 9.17) is 16.7 Å². The van der Waals surface area contributed by atoms with Crippen molar-refractivity contribution in [3.8, 4) is 0 Å². The van der Waals surface area contributed by atoms with Crippen LogP contribution < -0.4 is 0 Å². The molecule has 1 aromatic rings. The van der Waals surface area contributed by atoms with E-state index >= 15 is 0 Å². The fraction of sp³-hybridized carbons (Fsp3) is 0.333. The summed E-state index contributed by atoms with van der Waals surface area (Å²) >= 11 is 5.28. The van der Waals surface area contributed by atoms with Crippen LogP contribution in [0.2, 0.25) is 0 Å². The largest absolute Gasteiger partial charge is 0.389 e. The highest BCUT2D eigenvalue weighted by molar-refractivity contribution is 7.86. The number of benzene rings is 1. The number of nitrogens with zero attached hydrogens (tertiary/aromatic N) is 1. The first-order valence-electron chi connectivity index (χ1n) is 4.74. The van der Waals surface area contributed by atoms with Crippen molar-refractivity contribution in [3.63, 3.8) is 0 Å². The molecule has 0 saturated carbocycles. The Labute approximate surface area is 108 Å². The minimum absolute atomic E-state index is 0.176. The summed E-state index contributed by atoms with van der Waals surface area (Å²) in [5.74, 6) is -0.176. The summed E-state index contributed by atoms with van der Waals surface area (Å²) in [4.78, 5) is 9.44. The summed E-state index contributed by atoms with van der Waals surface area (Å²) in [5, 5.41) is 19.6. The zero-order valence-corrected chi connectivity index (χ0v) is 10.6. The van der Waals surface area contributed by atoms with E-state index in [-0.39, 0.29) is 16.5 Å². The highest BCUT2D eigenvalue weighted by Gasteiger charge is 2.19. The molecule has 0 aromatic heterocycles. The maximum absolute atomic E-state index is 11.6. The molecule has 0 aliphatic heterocycles. The van der Waals surface area contributed by atoms with Gasteiger partial charge in [-0.1, -0.05) is 6.07 Å². The van der Waals surface area contributed by atoms with Gasteiger partial charge in [-0.2, -0.15) is 8.42 Å². The number of alkyl halides is 1. The number of rotatable bonds is 6. The quantitative estimate of drug-likeness (QED) is 0.362. The average Bonchev–Trinajstić information content (AvgIpc) is 2.36. The molecule has 1 N–H and O–H groups in total. The molecule has 1 aromatic carbocycles. The van der Waals surface area contributed by atoms with Gasteiger partial charge in [-0.25, -0.2) is 0 Å². The second kappa shape index (κ2) is 6.10. The van der Waals surface area contributed by atoms with Crippen LogP contribution >= 0.6 is 11.6 Å². The zero-order valence-electron chi connectivity index (χ0n) is 9.02. The lowest BCUT2D eigenvalue weighted by molar-refractivity contribution is -0.385. The Kier molecular flexibility index (Phi) is 5.03. The third kappa shape index (κ3) is 3.91. The number of aliphatic hydroxyl groups is 1. The van der Waals surface area contributed by atoms with Crippen LogP contribution in [0.5, 0.6) is 0 Å². The Hall–Kier alpha value is -1.22. The first kappa shape index (κ1) is 14.8. The van der Waals surface area contributed by atoms with Gasteiger partial charge in [0.25, 0.3) is 15.8 Å². The van der Waals surface area contributed by atoms with E-state index < -0.39 is 27.8 Å². The van der Waals surface area contributed by atoms with Crippen molar-refractivity contribution in [2.75, 3.05) is 12.5 Å². The van der Waals surface area contributed by atoms with Gasteiger partial charge >= 0.3 is 0 Å². The topological polar surface area (TPSA) is 107 Å². The molecule has 9 heteroatoms. The van der Waals surface area contributed by atoms with Crippen molar-refractivity contribution in [3.05, 3.63) is 34.4 Å². The third-order valence-corrected chi connectivity index (χ3v) is 3.54. The normalized spacial score (nSPS) is 13.2. The van der Waals surface area contributed by atoms with E-state index in [1.54, 1.807) is 0 Å². The minimum atomic E-state index is -4.14. The number of non-ortho nitro benzene ring substituents is 1. The van der Waals surface area contributed by atoms with Crippen LogP contribution in [0.15, 0.2) is 29.2 Å². The molecule has 100 valence electrons. The Morgan fingerprint density at radius 3 is 2.72 bits per heavy atom. The van der Waals surface area contributed by atoms with E-state index in [0.29, 0.717) is 0 Å². The van der Waals surface area contributed by atoms with Gasteiger partial charge in [0.15, 0.2) is 0 Å². The number of hydrogen-bond acceptors (Lipinski definition) is 6. The molecule has 1 rings (SSSR count). The molecule has 0 heterocycles. The van der Waals surface area contributed by atoms with Crippen LogP contribution in [0.4, 0.5) is 5.69 Å².